The first-order valence-corrected chi connectivity index (χ1v) is 3.92. The van der Waals surface area contributed by atoms with Gasteiger partial charge in [-0.15, -0.1) is 6.58 Å². The maximum Gasteiger partial charge on any atom is 0.0558 e. The van der Waals surface area contributed by atoms with Gasteiger partial charge in [0.25, 0.3) is 0 Å². The summed E-state index contributed by atoms with van der Waals surface area (Å²) in [5.74, 6) is 0. The number of hydrogen-bond donors (Lipinski definition) is 2. The van der Waals surface area contributed by atoms with Gasteiger partial charge < -0.3 is 10.8 Å². The summed E-state index contributed by atoms with van der Waals surface area (Å²) in [6.07, 6.45) is 1.82. The van der Waals surface area contributed by atoms with Crippen LogP contribution in [0.5, 0.6) is 0 Å². The van der Waals surface area contributed by atoms with E-state index in [1.807, 2.05) is 13.0 Å². The van der Waals surface area contributed by atoms with Crippen molar-refractivity contribution in [3.05, 3.63) is 12.7 Å². The number of hydrogen-bond acceptors (Lipinski definition) is 3. The monoisotopic (exact) mass is 158 g/mol. The Bertz CT molecular complexity index is 106. The van der Waals surface area contributed by atoms with Crippen molar-refractivity contribution in [2.24, 2.45) is 5.73 Å². The van der Waals surface area contributed by atoms with Crippen molar-refractivity contribution in [2.75, 3.05) is 26.2 Å². The Hall–Kier alpha value is -0.380. The van der Waals surface area contributed by atoms with Crippen molar-refractivity contribution < 1.29 is 5.11 Å². The molecule has 0 fully saturated rings. The third kappa shape index (κ3) is 4.14. The average molecular weight is 158 g/mol. The molecule has 0 heterocycles. The van der Waals surface area contributed by atoms with Gasteiger partial charge in [-0.2, -0.15) is 0 Å². The maximum atomic E-state index is 8.69. The molecular formula is C8H18N2O. The van der Waals surface area contributed by atoms with E-state index < -0.39 is 0 Å². The van der Waals surface area contributed by atoms with Crippen LogP contribution in [0.25, 0.3) is 0 Å². The molecule has 0 radical (unpaired) electrons. The van der Waals surface area contributed by atoms with Crippen LogP contribution in [-0.2, 0) is 0 Å². The molecule has 1 unspecified atom stereocenters. The molecule has 3 nitrogen and oxygen atoms in total. The highest BCUT2D eigenvalue weighted by atomic mass is 16.3. The molecule has 0 rings (SSSR count). The van der Waals surface area contributed by atoms with E-state index >= 15 is 0 Å². The van der Waals surface area contributed by atoms with E-state index in [9.17, 15) is 0 Å². The normalized spacial score (nSPS) is 13.5. The fourth-order valence-corrected chi connectivity index (χ4v) is 0.935. The Kier molecular flexibility index (Phi) is 6.12. The van der Waals surface area contributed by atoms with Crippen LogP contribution in [0.1, 0.15) is 6.92 Å². The van der Waals surface area contributed by atoms with E-state index in [0.29, 0.717) is 19.1 Å². The Morgan fingerprint density at radius 2 is 2.36 bits per heavy atom. The number of aliphatic hydroxyl groups is 1. The van der Waals surface area contributed by atoms with Gasteiger partial charge in [-0.1, -0.05) is 6.08 Å². The third-order valence-corrected chi connectivity index (χ3v) is 1.72. The molecule has 0 aromatic heterocycles. The van der Waals surface area contributed by atoms with Gasteiger partial charge in [-0.3, -0.25) is 4.90 Å². The molecule has 66 valence electrons. The summed E-state index contributed by atoms with van der Waals surface area (Å²) in [5.41, 5.74) is 5.48. The van der Waals surface area contributed by atoms with E-state index in [4.69, 9.17) is 10.8 Å². The largest absolute Gasteiger partial charge is 0.395 e. The Labute approximate surface area is 68.5 Å². The van der Waals surface area contributed by atoms with Gasteiger partial charge in [0.05, 0.1) is 6.61 Å². The third-order valence-electron chi connectivity index (χ3n) is 1.72. The second-order valence-electron chi connectivity index (χ2n) is 2.59. The van der Waals surface area contributed by atoms with Crippen molar-refractivity contribution in [3.63, 3.8) is 0 Å². The Morgan fingerprint density at radius 3 is 2.73 bits per heavy atom. The molecule has 0 aromatic carbocycles. The summed E-state index contributed by atoms with van der Waals surface area (Å²) in [6.45, 7) is 7.94. The molecule has 0 aliphatic rings. The minimum Gasteiger partial charge on any atom is -0.395 e. The number of rotatable bonds is 6. The first-order chi connectivity index (χ1) is 5.26. The molecular weight excluding hydrogens is 140 g/mol. The minimum absolute atomic E-state index is 0.179. The second-order valence-corrected chi connectivity index (χ2v) is 2.59. The van der Waals surface area contributed by atoms with Crippen molar-refractivity contribution in [1.82, 2.24) is 4.90 Å². The highest BCUT2D eigenvalue weighted by Gasteiger charge is 2.08. The standard InChI is InChI=1S/C8H18N2O/c1-3-4-10(5-6-11)8(2)7-9/h3,8,11H,1,4-7,9H2,2H3. The summed E-state index contributed by atoms with van der Waals surface area (Å²) in [6, 6.07) is 0.320. The molecule has 0 spiro atoms. The number of nitrogens with zero attached hydrogens (tertiary/aromatic N) is 1. The minimum atomic E-state index is 0.179. The van der Waals surface area contributed by atoms with Crippen molar-refractivity contribution in [3.8, 4) is 0 Å². The van der Waals surface area contributed by atoms with Crippen molar-refractivity contribution in [2.45, 2.75) is 13.0 Å². The molecule has 11 heavy (non-hydrogen) atoms. The highest BCUT2D eigenvalue weighted by molar-refractivity contribution is 4.77. The summed E-state index contributed by atoms with van der Waals surface area (Å²) in [5, 5.41) is 8.69. The predicted octanol–water partition coefficient (Wildman–Crippen LogP) is -0.186. The van der Waals surface area contributed by atoms with Crippen molar-refractivity contribution >= 4 is 0 Å². The van der Waals surface area contributed by atoms with Crippen LogP contribution < -0.4 is 5.73 Å². The van der Waals surface area contributed by atoms with Gasteiger partial charge >= 0.3 is 0 Å². The van der Waals surface area contributed by atoms with E-state index in [-0.39, 0.29) is 6.61 Å². The molecule has 0 saturated heterocycles. The van der Waals surface area contributed by atoms with Crippen LogP contribution in [0.2, 0.25) is 0 Å². The molecule has 0 bridgehead atoms. The molecule has 0 amide bonds. The van der Waals surface area contributed by atoms with Gasteiger partial charge in [-0.05, 0) is 6.92 Å². The second kappa shape index (κ2) is 6.34. The maximum absolute atomic E-state index is 8.69. The quantitative estimate of drug-likeness (QED) is 0.527. The zero-order chi connectivity index (χ0) is 8.69. The van der Waals surface area contributed by atoms with E-state index in [0.717, 1.165) is 6.54 Å². The smallest absolute Gasteiger partial charge is 0.0558 e. The summed E-state index contributed by atoms with van der Waals surface area (Å²) < 4.78 is 0. The summed E-state index contributed by atoms with van der Waals surface area (Å²) in [4.78, 5) is 2.09. The number of nitrogens with two attached hydrogens (primary N) is 1. The Morgan fingerprint density at radius 1 is 1.73 bits per heavy atom. The van der Waals surface area contributed by atoms with Crippen molar-refractivity contribution in [1.29, 1.82) is 0 Å². The lowest BCUT2D eigenvalue weighted by Crippen LogP contribution is -2.40. The molecule has 0 aromatic rings. The SMILES string of the molecule is C=CCN(CCO)C(C)CN. The van der Waals surface area contributed by atoms with E-state index in [1.54, 1.807) is 0 Å². The molecule has 0 aliphatic heterocycles. The first kappa shape index (κ1) is 10.6. The van der Waals surface area contributed by atoms with Gasteiger partial charge in [-0.25, -0.2) is 0 Å². The lowest BCUT2D eigenvalue weighted by molar-refractivity contribution is 0.175. The highest BCUT2D eigenvalue weighted by Crippen LogP contribution is 1.95. The van der Waals surface area contributed by atoms with Gasteiger partial charge in [0.15, 0.2) is 0 Å². The van der Waals surface area contributed by atoms with Crippen LogP contribution in [0.4, 0.5) is 0 Å². The lowest BCUT2D eigenvalue weighted by atomic mass is 10.3. The molecule has 0 aliphatic carbocycles. The van der Waals surface area contributed by atoms with E-state index in [2.05, 4.69) is 11.5 Å². The molecule has 3 heteroatoms. The first-order valence-electron chi connectivity index (χ1n) is 3.92. The van der Waals surface area contributed by atoms with Crippen LogP contribution in [0.3, 0.4) is 0 Å². The van der Waals surface area contributed by atoms with Crippen LogP contribution in [0, 0.1) is 0 Å². The fourth-order valence-electron chi connectivity index (χ4n) is 0.935. The zero-order valence-electron chi connectivity index (χ0n) is 7.16. The van der Waals surface area contributed by atoms with E-state index in [1.165, 1.54) is 0 Å². The van der Waals surface area contributed by atoms with Gasteiger partial charge in [0.1, 0.15) is 0 Å². The van der Waals surface area contributed by atoms with Gasteiger partial charge in [0, 0.05) is 25.7 Å². The summed E-state index contributed by atoms with van der Waals surface area (Å²) >= 11 is 0. The van der Waals surface area contributed by atoms with Gasteiger partial charge in [0.2, 0.25) is 0 Å². The molecule has 1 atom stereocenters. The van der Waals surface area contributed by atoms with Crippen LogP contribution >= 0.6 is 0 Å². The zero-order valence-corrected chi connectivity index (χ0v) is 7.16. The average Bonchev–Trinajstić information content (AvgIpc) is 2.03. The Balaban J connectivity index is 3.75. The summed E-state index contributed by atoms with van der Waals surface area (Å²) in [7, 11) is 0. The topological polar surface area (TPSA) is 49.5 Å². The molecule has 3 N–H and O–H groups in total. The number of aliphatic hydroxyl groups excluding tert-OH is 1. The lowest BCUT2D eigenvalue weighted by Gasteiger charge is -2.25. The predicted molar refractivity (Wildman–Crippen MR) is 47.4 cm³/mol. The molecule has 0 saturated carbocycles. The van der Waals surface area contributed by atoms with Crippen LogP contribution in [0.15, 0.2) is 12.7 Å². The fraction of sp³-hybridized carbons (Fsp3) is 0.750. The van der Waals surface area contributed by atoms with Crippen LogP contribution in [-0.4, -0.2) is 42.3 Å².